The van der Waals surface area contributed by atoms with Gasteiger partial charge in [-0.1, -0.05) is 26.0 Å². The lowest BCUT2D eigenvalue weighted by Crippen LogP contribution is -2.37. The number of carbonyl (C=O) groups excluding carboxylic acids is 2. The van der Waals surface area contributed by atoms with Gasteiger partial charge in [-0.2, -0.15) is 26.3 Å². The molecule has 2 fully saturated rings. The van der Waals surface area contributed by atoms with Crippen molar-refractivity contribution in [1.29, 1.82) is 0 Å². The van der Waals surface area contributed by atoms with Crippen LogP contribution in [0.1, 0.15) is 43.4 Å². The third kappa shape index (κ3) is 7.52. The molecule has 0 radical (unpaired) electrons. The van der Waals surface area contributed by atoms with Crippen molar-refractivity contribution in [1.82, 2.24) is 15.1 Å². The highest BCUT2D eigenvalue weighted by Crippen LogP contribution is 2.38. The van der Waals surface area contributed by atoms with Crippen LogP contribution in [-0.4, -0.2) is 60.0 Å². The van der Waals surface area contributed by atoms with E-state index in [1.54, 1.807) is 19.0 Å². The Kier molecular flexibility index (Phi) is 9.23. The van der Waals surface area contributed by atoms with Crippen LogP contribution < -0.4 is 5.32 Å². The molecule has 1 aromatic rings. The second-order valence-electron chi connectivity index (χ2n) is 9.93. The SMILES string of the molecule is CC(C)[C@H](N=C1NC(=O)SC1=CC1CCN(Cc2ccc(C(F)(F)F)cc2C(F)(F)F)CC1)C(=O)N(C)C. The number of nitrogens with zero attached hydrogens (tertiary/aromatic N) is 3. The van der Waals surface area contributed by atoms with Gasteiger partial charge in [0.2, 0.25) is 5.91 Å². The molecule has 38 heavy (non-hydrogen) atoms. The lowest BCUT2D eigenvalue weighted by atomic mass is 9.95. The zero-order chi connectivity index (χ0) is 28.4. The Bertz CT molecular complexity index is 1110. The monoisotopic (exact) mass is 564 g/mol. The normalized spacial score (nSPS) is 20.9. The fraction of sp³-hybridized carbons (Fsp3) is 0.560. The second kappa shape index (κ2) is 11.7. The smallest absolute Gasteiger partial charge is 0.347 e. The van der Waals surface area contributed by atoms with E-state index in [0.29, 0.717) is 42.7 Å². The summed E-state index contributed by atoms with van der Waals surface area (Å²) in [7, 11) is 3.26. The first kappa shape index (κ1) is 30.0. The van der Waals surface area contributed by atoms with E-state index in [1.807, 2.05) is 19.9 Å². The zero-order valence-corrected chi connectivity index (χ0v) is 22.2. The van der Waals surface area contributed by atoms with Gasteiger partial charge in [-0.25, -0.2) is 0 Å². The number of likely N-dealkylation sites (tertiary alicyclic amines) is 1. The van der Waals surface area contributed by atoms with Crippen molar-refractivity contribution < 1.29 is 35.9 Å². The number of alkyl halides is 6. The van der Waals surface area contributed by atoms with E-state index in [2.05, 4.69) is 10.3 Å². The van der Waals surface area contributed by atoms with E-state index in [1.165, 1.54) is 4.90 Å². The van der Waals surface area contributed by atoms with Crippen LogP contribution in [0.3, 0.4) is 0 Å². The first-order valence-electron chi connectivity index (χ1n) is 12.1. The van der Waals surface area contributed by atoms with Gasteiger partial charge in [0.05, 0.1) is 16.0 Å². The number of likely N-dealkylation sites (N-methyl/N-ethyl adjacent to an activating group) is 1. The van der Waals surface area contributed by atoms with Gasteiger partial charge in [-0.3, -0.25) is 19.5 Å². The van der Waals surface area contributed by atoms with E-state index in [-0.39, 0.29) is 41.2 Å². The molecule has 0 bridgehead atoms. The third-order valence-corrected chi connectivity index (χ3v) is 7.24. The minimum Gasteiger partial charge on any atom is -0.347 e. The summed E-state index contributed by atoms with van der Waals surface area (Å²) in [6.07, 6.45) is -6.71. The van der Waals surface area contributed by atoms with Crippen LogP contribution in [0.25, 0.3) is 0 Å². The number of thioether (sulfide) groups is 1. The van der Waals surface area contributed by atoms with Gasteiger partial charge in [0.25, 0.3) is 5.24 Å². The molecule has 0 spiro atoms. The molecule has 6 nitrogen and oxygen atoms in total. The quantitative estimate of drug-likeness (QED) is 0.445. The maximum absolute atomic E-state index is 13.5. The van der Waals surface area contributed by atoms with Crippen LogP contribution in [0, 0.1) is 11.8 Å². The summed E-state index contributed by atoms with van der Waals surface area (Å²) < 4.78 is 79.4. The van der Waals surface area contributed by atoms with Crippen molar-refractivity contribution >= 4 is 28.7 Å². The first-order chi connectivity index (χ1) is 17.6. The fourth-order valence-electron chi connectivity index (χ4n) is 4.32. The summed E-state index contributed by atoms with van der Waals surface area (Å²) in [5.41, 5.74) is -2.82. The fourth-order valence-corrected chi connectivity index (χ4v) is 5.13. The van der Waals surface area contributed by atoms with Crippen molar-refractivity contribution in [3.63, 3.8) is 0 Å². The number of hydrogen-bond donors (Lipinski definition) is 1. The van der Waals surface area contributed by atoms with Gasteiger partial charge in [-0.15, -0.1) is 0 Å². The maximum atomic E-state index is 13.5. The molecule has 2 saturated heterocycles. The predicted molar refractivity (Wildman–Crippen MR) is 133 cm³/mol. The molecule has 0 aromatic heterocycles. The summed E-state index contributed by atoms with van der Waals surface area (Å²) in [6, 6.07) is 1.07. The average molecular weight is 565 g/mol. The number of halogens is 6. The molecule has 1 atom stereocenters. The molecule has 0 aliphatic carbocycles. The molecule has 0 unspecified atom stereocenters. The molecule has 2 amide bonds. The molecule has 1 N–H and O–H groups in total. The van der Waals surface area contributed by atoms with Gasteiger partial charge in [0, 0.05) is 20.6 Å². The van der Waals surface area contributed by atoms with E-state index < -0.39 is 29.5 Å². The van der Waals surface area contributed by atoms with Crippen LogP contribution in [0.15, 0.2) is 34.2 Å². The van der Waals surface area contributed by atoms with E-state index in [0.717, 1.165) is 17.8 Å². The van der Waals surface area contributed by atoms with Crippen molar-refractivity contribution in [3.8, 4) is 0 Å². The molecule has 2 aliphatic heterocycles. The number of amidine groups is 1. The number of amides is 2. The highest BCUT2D eigenvalue weighted by atomic mass is 32.2. The summed E-state index contributed by atoms with van der Waals surface area (Å²) in [5.74, 6) is 0.0586. The molecule has 2 heterocycles. The van der Waals surface area contributed by atoms with E-state index >= 15 is 0 Å². The number of carbonyl (C=O) groups is 2. The zero-order valence-electron chi connectivity index (χ0n) is 21.4. The molecule has 2 aliphatic rings. The van der Waals surface area contributed by atoms with Crippen LogP contribution in [-0.2, 0) is 23.7 Å². The molecule has 13 heteroatoms. The van der Waals surface area contributed by atoms with Gasteiger partial charge in [0.1, 0.15) is 11.9 Å². The molecular weight excluding hydrogens is 534 g/mol. The Labute approximate surface area is 221 Å². The number of aliphatic imine (C=N–C) groups is 1. The van der Waals surface area contributed by atoms with Crippen molar-refractivity contribution in [2.75, 3.05) is 27.2 Å². The van der Waals surface area contributed by atoms with E-state index in [9.17, 15) is 35.9 Å². The first-order valence-corrected chi connectivity index (χ1v) is 12.9. The maximum Gasteiger partial charge on any atom is 0.416 e. The van der Waals surface area contributed by atoms with Gasteiger partial charge < -0.3 is 10.2 Å². The third-order valence-electron chi connectivity index (χ3n) is 6.41. The number of rotatable bonds is 6. The lowest BCUT2D eigenvalue weighted by Gasteiger charge is -2.31. The molecule has 210 valence electrons. The second-order valence-corrected chi connectivity index (χ2v) is 10.9. The minimum absolute atomic E-state index is 0.0170. The number of nitrogens with one attached hydrogen (secondary N) is 1. The Hall–Kier alpha value is -2.54. The van der Waals surface area contributed by atoms with Crippen LogP contribution >= 0.6 is 11.8 Å². The highest BCUT2D eigenvalue weighted by molar-refractivity contribution is 8.18. The Morgan fingerprint density at radius 3 is 2.32 bits per heavy atom. The molecule has 0 saturated carbocycles. The van der Waals surface area contributed by atoms with Gasteiger partial charge >= 0.3 is 12.4 Å². The number of allylic oxidation sites excluding steroid dienone is 1. The Morgan fingerprint density at radius 1 is 1.16 bits per heavy atom. The van der Waals surface area contributed by atoms with Gasteiger partial charge in [-0.05, 0) is 67.2 Å². The largest absolute Gasteiger partial charge is 0.416 e. The van der Waals surface area contributed by atoms with Crippen LogP contribution in [0.4, 0.5) is 31.1 Å². The average Bonchev–Trinajstić information content (AvgIpc) is 3.15. The predicted octanol–water partition coefficient (Wildman–Crippen LogP) is 5.79. The topological polar surface area (TPSA) is 65.0 Å². The van der Waals surface area contributed by atoms with Crippen LogP contribution in [0.2, 0.25) is 0 Å². The number of hydrogen-bond acceptors (Lipinski definition) is 5. The standard InChI is InChI=1S/C25H30F6N4O2S/c1-14(2)20(22(36)34(3)4)32-21-19(38-23(37)33-21)11-15-7-9-35(10-8-15)13-16-5-6-17(24(26,27)28)12-18(16)25(29,30)31/h5-6,11-12,14-15,20H,7-10,13H2,1-4H3,(H,32,33,37)/t20-/m0/s1. The molecule has 3 rings (SSSR count). The van der Waals surface area contributed by atoms with Crippen molar-refractivity contribution in [2.45, 2.75) is 51.6 Å². The van der Waals surface area contributed by atoms with Crippen molar-refractivity contribution in [3.05, 3.63) is 45.9 Å². The Morgan fingerprint density at radius 2 is 1.79 bits per heavy atom. The molecule has 1 aromatic carbocycles. The highest BCUT2D eigenvalue weighted by Gasteiger charge is 2.38. The molecular formula is C25H30F6N4O2S. The summed E-state index contributed by atoms with van der Waals surface area (Å²) in [5, 5.41) is 2.38. The lowest BCUT2D eigenvalue weighted by molar-refractivity contribution is -0.143. The summed E-state index contributed by atoms with van der Waals surface area (Å²) in [4.78, 5) is 33.0. The number of benzene rings is 1. The Balaban J connectivity index is 1.72. The van der Waals surface area contributed by atoms with E-state index in [4.69, 9.17) is 0 Å². The van der Waals surface area contributed by atoms with Crippen LogP contribution in [0.5, 0.6) is 0 Å². The summed E-state index contributed by atoms with van der Waals surface area (Å²) in [6.45, 7) is 4.46. The van der Waals surface area contributed by atoms with Crippen molar-refractivity contribution in [2.24, 2.45) is 16.8 Å². The minimum atomic E-state index is -4.91. The summed E-state index contributed by atoms with van der Waals surface area (Å²) >= 11 is 0.977. The number of piperidine rings is 1. The van der Waals surface area contributed by atoms with Gasteiger partial charge in [0.15, 0.2) is 0 Å².